The second-order valence-electron chi connectivity index (χ2n) is 3.86. The van der Waals surface area contributed by atoms with Gasteiger partial charge in [-0.15, -0.1) is 0 Å². The monoisotopic (exact) mass is 215 g/mol. The van der Waals surface area contributed by atoms with E-state index in [0.29, 0.717) is 13.2 Å². The average Bonchev–Trinajstić information content (AvgIpc) is 2.69. The molecular formula is C10H21N3O2. The van der Waals surface area contributed by atoms with Gasteiger partial charge >= 0.3 is 6.03 Å². The number of carbonyl (C=O) groups is 1. The van der Waals surface area contributed by atoms with Crippen LogP contribution in [-0.2, 0) is 4.74 Å². The van der Waals surface area contributed by atoms with Gasteiger partial charge in [0.25, 0.3) is 0 Å². The first-order valence-electron chi connectivity index (χ1n) is 5.61. The molecule has 15 heavy (non-hydrogen) atoms. The Balaban J connectivity index is 2.20. The number of amides is 2. The smallest absolute Gasteiger partial charge is 0.315 e. The first-order chi connectivity index (χ1) is 7.26. The predicted octanol–water partition coefficient (Wildman–Crippen LogP) is 0.202. The van der Waals surface area contributed by atoms with Crippen molar-refractivity contribution in [2.75, 3.05) is 19.8 Å². The summed E-state index contributed by atoms with van der Waals surface area (Å²) in [6.07, 6.45) is 2.64. The molecule has 2 unspecified atom stereocenters. The molecule has 0 aromatic rings. The van der Waals surface area contributed by atoms with E-state index < -0.39 is 0 Å². The highest BCUT2D eigenvalue weighted by Gasteiger charge is 2.18. The van der Waals surface area contributed by atoms with E-state index in [1.54, 1.807) is 0 Å². The summed E-state index contributed by atoms with van der Waals surface area (Å²) in [6, 6.07) is 0.239. The number of ether oxygens (including phenoxy) is 1. The number of urea groups is 1. The van der Waals surface area contributed by atoms with Crippen molar-refractivity contribution in [2.24, 2.45) is 5.73 Å². The van der Waals surface area contributed by atoms with E-state index in [1.807, 2.05) is 6.92 Å². The predicted molar refractivity (Wildman–Crippen MR) is 58.6 cm³/mol. The van der Waals surface area contributed by atoms with Gasteiger partial charge in [0.1, 0.15) is 0 Å². The summed E-state index contributed by atoms with van der Waals surface area (Å²) in [5, 5.41) is 5.80. The number of hydrogen-bond acceptors (Lipinski definition) is 3. The molecule has 1 rings (SSSR count). The van der Waals surface area contributed by atoms with Crippen LogP contribution in [0.1, 0.15) is 26.2 Å². The minimum Gasteiger partial charge on any atom is -0.379 e. The van der Waals surface area contributed by atoms with Gasteiger partial charge in [0.2, 0.25) is 0 Å². The molecule has 5 heteroatoms. The maximum Gasteiger partial charge on any atom is 0.315 e. The second kappa shape index (κ2) is 6.63. The molecule has 88 valence electrons. The number of nitrogens with two attached hydrogens (primary N) is 1. The highest BCUT2D eigenvalue weighted by molar-refractivity contribution is 5.74. The van der Waals surface area contributed by atoms with E-state index in [9.17, 15) is 4.79 Å². The normalized spacial score (nSPS) is 22.4. The summed E-state index contributed by atoms with van der Waals surface area (Å²) >= 11 is 0. The SMILES string of the molecule is CCC(CCN)NC(=O)NC1CCOC1. The third kappa shape index (κ3) is 4.48. The number of nitrogens with one attached hydrogen (secondary N) is 2. The molecule has 2 amide bonds. The number of rotatable bonds is 5. The van der Waals surface area contributed by atoms with Crippen molar-refractivity contribution in [3.8, 4) is 0 Å². The largest absolute Gasteiger partial charge is 0.379 e. The van der Waals surface area contributed by atoms with Crippen LogP contribution in [0.2, 0.25) is 0 Å². The lowest BCUT2D eigenvalue weighted by molar-refractivity contribution is 0.188. The van der Waals surface area contributed by atoms with E-state index in [-0.39, 0.29) is 18.1 Å². The fourth-order valence-electron chi connectivity index (χ4n) is 1.64. The van der Waals surface area contributed by atoms with Crippen molar-refractivity contribution in [1.82, 2.24) is 10.6 Å². The summed E-state index contributed by atoms with van der Waals surface area (Å²) in [5.41, 5.74) is 5.45. The fraction of sp³-hybridized carbons (Fsp3) is 0.900. The fourth-order valence-corrected chi connectivity index (χ4v) is 1.64. The molecular weight excluding hydrogens is 194 g/mol. The lowest BCUT2D eigenvalue weighted by Crippen LogP contribution is -2.46. The molecule has 1 heterocycles. The lowest BCUT2D eigenvalue weighted by Gasteiger charge is -2.18. The first kappa shape index (κ1) is 12.3. The Morgan fingerprint density at radius 1 is 1.67 bits per heavy atom. The third-order valence-corrected chi connectivity index (χ3v) is 2.61. The quantitative estimate of drug-likeness (QED) is 0.613. The molecule has 4 N–H and O–H groups in total. The zero-order valence-corrected chi connectivity index (χ0v) is 9.29. The van der Waals surface area contributed by atoms with Gasteiger partial charge in [0.05, 0.1) is 12.6 Å². The molecule has 1 fully saturated rings. The van der Waals surface area contributed by atoms with Gasteiger partial charge in [-0.05, 0) is 25.8 Å². The average molecular weight is 215 g/mol. The van der Waals surface area contributed by atoms with Crippen LogP contribution < -0.4 is 16.4 Å². The Bertz CT molecular complexity index is 193. The van der Waals surface area contributed by atoms with Crippen LogP contribution in [-0.4, -0.2) is 37.9 Å². The second-order valence-corrected chi connectivity index (χ2v) is 3.86. The molecule has 0 saturated carbocycles. The summed E-state index contributed by atoms with van der Waals surface area (Å²) in [4.78, 5) is 11.5. The zero-order chi connectivity index (χ0) is 11.1. The topological polar surface area (TPSA) is 76.4 Å². The molecule has 0 aromatic carbocycles. The summed E-state index contributed by atoms with van der Waals surface area (Å²) in [7, 11) is 0. The van der Waals surface area contributed by atoms with Crippen LogP contribution in [0.15, 0.2) is 0 Å². The maximum atomic E-state index is 11.5. The van der Waals surface area contributed by atoms with Gasteiger partial charge in [0, 0.05) is 12.6 Å². The molecule has 5 nitrogen and oxygen atoms in total. The lowest BCUT2D eigenvalue weighted by atomic mass is 10.1. The highest BCUT2D eigenvalue weighted by Crippen LogP contribution is 2.03. The number of carbonyl (C=O) groups excluding carboxylic acids is 1. The molecule has 0 aliphatic carbocycles. The van der Waals surface area contributed by atoms with Crippen molar-refractivity contribution in [2.45, 2.75) is 38.3 Å². The van der Waals surface area contributed by atoms with E-state index in [1.165, 1.54) is 0 Å². The van der Waals surface area contributed by atoms with E-state index in [2.05, 4.69) is 10.6 Å². The van der Waals surface area contributed by atoms with Gasteiger partial charge < -0.3 is 21.1 Å². The molecule has 0 radical (unpaired) electrons. The van der Waals surface area contributed by atoms with Crippen molar-refractivity contribution < 1.29 is 9.53 Å². The minimum atomic E-state index is -0.106. The van der Waals surface area contributed by atoms with Gasteiger partial charge in [-0.2, -0.15) is 0 Å². The maximum absolute atomic E-state index is 11.5. The van der Waals surface area contributed by atoms with E-state index in [4.69, 9.17) is 10.5 Å². The van der Waals surface area contributed by atoms with Crippen LogP contribution in [0.3, 0.4) is 0 Å². The van der Waals surface area contributed by atoms with Crippen LogP contribution in [0.5, 0.6) is 0 Å². The van der Waals surface area contributed by atoms with Crippen molar-refractivity contribution in [1.29, 1.82) is 0 Å². The Morgan fingerprint density at radius 3 is 3.00 bits per heavy atom. The molecule has 0 bridgehead atoms. The van der Waals surface area contributed by atoms with Crippen LogP contribution >= 0.6 is 0 Å². The van der Waals surface area contributed by atoms with Crippen LogP contribution in [0, 0.1) is 0 Å². The Hall–Kier alpha value is -0.810. The van der Waals surface area contributed by atoms with Gasteiger partial charge in [-0.1, -0.05) is 6.92 Å². The molecule has 2 atom stereocenters. The van der Waals surface area contributed by atoms with E-state index in [0.717, 1.165) is 25.9 Å². The van der Waals surface area contributed by atoms with E-state index >= 15 is 0 Å². The molecule has 1 saturated heterocycles. The van der Waals surface area contributed by atoms with Gasteiger partial charge in [-0.3, -0.25) is 0 Å². The van der Waals surface area contributed by atoms with Crippen molar-refractivity contribution in [3.63, 3.8) is 0 Å². The zero-order valence-electron chi connectivity index (χ0n) is 9.29. The summed E-state index contributed by atoms with van der Waals surface area (Å²) in [5.74, 6) is 0. The van der Waals surface area contributed by atoms with Crippen LogP contribution in [0.25, 0.3) is 0 Å². The third-order valence-electron chi connectivity index (χ3n) is 2.61. The van der Waals surface area contributed by atoms with Gasteiger partial charge in [-0.25, -0.2) is 4.79 Å². The summed E-state index contributed by atoms with van der Waals surface area (Å²) in [6.45, 7) is 4.01. The van der Waals surface area contributed by atoms with Gasteiger partial charge in [0.15, 0.2) is 0 Å². The molecule has 0 aromatic heterocycles. The molecule has 1 aliphatic heterocycles. The minimum absolute atomic E-state index is 0.106. The van der Waals surface area contributed by atoms with Crippen molar-refractivity contribution >= 4 is 6.03 Å². The standard InChI is InChI=1S/C10H21N3O2/c1-2-8(3-5-11)12-10(14)13-9-4-6-15-7-9/h8-9H,2-7,11H2,1H3,(H2,12,13,14). The first-order valence-corrected chi connectivity index (χ1v) is 5.61. The number of hydrogen-bond donors (Lipinski definition) is 3. The highest BCUT2D eigenvalue weighted by atomic mass is 16.5. The van der Waals surface area contributed by atoms with Crippen LogP contribution in [0.4, 0.5) is 4.79 Å². The Labute approximate surface area is 90.7 Å². The summed E-state index contributed by atoms with van der Waals surface area (Å²) < 4.78 is 5.17. The Kier molecular flexibility index (Phi) is 5.42. The molecule has 1 aliphatic rings. The Morgan fingerprint density at radius 2 is 2.47 bits per heavy atom. The molecule has 0 spiro atoms. The van der Waals surface area contributed by atoms with Crippen molar-refractivity contribution in [3.05, 3.63) is 0 Å².